The molecule has 82 valence electrons. The zero-order chi connectivity index (χ0) is 9.64. The maximum absolute atomic E-state index is 3.45. The quantitative estimate of drug-likeness (QED) is 0.728. The first-order valence-corrected chi connectivity index (χ1v) is 6.66. The molecule has 1 N–H and O–H groups in total. The lowest BCUT2D eigenvalue weighted by molar-refractivity contribution is 0.279. The topological polar surface area (TPSA) is 12.0 Å². The van der Waals surface area contributed by atoms with Gasteiger partial charge in [-0.15, -0.1) is 0 Å². The summed E-state index contributed by atoms with van der Waals surface area (Å²) < 4.78 is 0. The average Bonchev–Trinajstić information content (AvgIpc) is 2.29. The van der Waals surface area contributed by atoms with Crippen molar-refractivity contribution in [3.8, 4) is 0 Å². The van der Waals surface area contributed by atoms with E-state index >= 15 is 0 Å². The van der Waals surface area contributed by atoms with E-state index in [2.05, 4.69) is 5.32 Å². The molecule has 0 aromatic heterocycles. The van der Waals surface area contributed by atoms with Gasteiger partial charge in [-0.1, -0.05) is 44.9 Å². The minimum atomic E-state index is 1.05. The van der Waals surface area contributed by atoms with Crippen LogP contribution in [0.2, 0.25) is 0 Å². The first-order valence-electron chi connectivity index (χ1n) is 6.66. The summed E-state index contributed by atoms with van der Waals surface area (Å²) in [6.45, 7) is 2.55. The van der Waals surface area contributed by atoms with Crippen LogP contribution < -0.4 is 5.32 Å². The zero-order valence-electron chi connectivity index (χ0n) is 9.43. The third kappa shape index (κ3) is 3.27. The van der Waals surface area contributed by atoms with E-state index in [0.717, 1.165) is 11.8 Å². The molecule has 0 radical (unpaired) electrons. The molecule has 2 rings (SSSR count). The molecule has 0 bridgehead atoms. The summed E-state index contributed by atoms with van der Waals surface area (Å²) >= 11 is 0. The van der Waals surface area contributed by atoms with Crippen molar-refractivity contribution in [2.24, 2.45) is 11.8 Å². The fourth-order valence-electron chi connectivity index (χ4n) is 3.12. The molecule has 1 saturated carbocycles. The Balaban J connectivity index is 1.60. The minimum Gasteiger partial charge on any atom is -0.317 e. The maximum atomic E-state index is 3.45. The molecule has 1 aliphatic heterocycles. The second-order valence-electron chi connectivity index (χ2n) is 5.27. The van der Waals surface area contributed by atoms with E-state index in [1.807, 2.05) is 0 Å². The van der Waals surface area contributed by atoms with Crippen molar-refractivity contribution in [2.75, 3.05) is 13.1 Å². The average molecular weight is 195 g/mol. The SMILES string of the molecule is C1CCC(CCC2CCNCC2)CC1. The van der Waals surface area contributed by atoms with Gasteiger partial charge >= 0.3 is 0 Å². The lowest BCUT2D eigenvalue weighted by atomic mass is 9.82. The van der Waals surface area contributed by atoms with Gasteiger partial charge in [-0.2, -0.15) is 0 Å². The van der Waals surface area contributed by atoms with Crippen molar-refractivity contribution in [3.05, 3.63) is 0 Å². The van der Waals surface area contributed by atoms with Crippen molar-refractivity contribution < 1.29 is 0 Å². The second kappa shape index (κ2) is 5.75. The van der Waals surface area contributed by atoms with E-state index < -0.39 is 0 Å². The van der Waals surface area contributed by atoms with Gasteiger partial charge in [0.15, 0.2) is 0 Å². The van der Waals surface area contributed by atoms with Crippen LogP contribution in [0, 0.1) is 11.8 Å². The van der Waals surface area contributed by atoms with Crippen molar-refractivity contribution >= 4 is 0 Å². The number of hydrogen-bond donors (Lipinski definition) is 1. The van der Waals surface area contributed by atoms with Crippen molar-refractivity contribution in [3.63, 3.8) is 0 Å². The highest BCUT2D eigenvalue weighted by Crippen LogP contribution is 2.30. The molecule has 2 aliphatic rings. The largest absolute Gasteiger partial charge is 0.317 e. The summed E-state index contributed by atoms with van der Waals surface area (Å²) in [6.07, 6.45) is 13.5. The Morgan fingerprint density at radius 3 is 1.93 bits per heavy atom. The van der Waals surface area contributed by atoms with Gasteiger partial charge in [0.2, 0.25) is 0 Å². The number of nitrogens with one attached hydrogen (secondary N) is 1. The Labute approximate surface area is 88.7 Å². The first-order chi connectivity index (χ1) is 6.95. The van der Waals surface area contributed by atoms with Crippen LogP contribution in [0.1, 0.15) is 57.8 Å². The maximum Gasteiger partial charge on any atom is -0.00463 e. The van der Waals surface area contributed by atoms with Gasteiger partial charge in [-0.05, 0) is 37.8 Å². The highest BCUT2D eigenvalue weighted by atomic mass is 14.9. The Kier molecular flexibility index (Phi) is 4.30. The summed E-state index contributed by atoms with van der Waals surface area (Å²) in [7, 11) is 0. The van der Waals surface area contributed by atoms with Crippen LogP contribution in [0.3, 0.4) is 0 Å². The third-order valence-corrected chi connectivity index (χ3v) is 4.17. The van der Waals surface area contributed by atoms with Crippen LogP contribution in [-0.4, -0.2) is 13.1 Å². The highest BCUT2D eigenvalue weighted by molar-refractivity contribution is 4.72. The molecular weight excluding hydrogens is 170 g/mol. The highest BCUT2D eigenvalue weighted by Gasteiger charge is 2.17. The van der Waals surface area contributed by atoms with Gasteiger partial charge in [0, 0.05) is 0 Å². The normalized spacial score (nSPS) is 26.6. The minimum absolute atomic E-state index is 1.05. The van der Waals surface area contributed by atoms with Crippen LogP contribution >= 0.6 is 0 Å². The Hall–Kier alpha value is -0.0400. The fraction of sp³-hybridized carbons (Fsp3) is 1.00. The van der Waals surface area contributed by atoms with Gasteiger partial charge in [0.1, 0.15) is 0 Å². The van der Waals surface area contributed by atoms with E-state index in [4.69, 9.17) is 0 Å². The standard InChI is InChI=1S/C13H25N/c1-2-4-12(5-3-1)6-7-13-8-10-14-11-9-13/h12-14H,1-11H2. The summed E-state index contributed by atoms with van der Waals surface area (Å²) in [4.78, 5) is 0. The summed E-state index contributed by atoms with van der Waals surface area (Å²) in [5, 5.41) is 3.45. The van der Waals surface area contributed by atoms with Gasteiger partial charge in [-0.25, -0.2) is 0 Å². The van der Waals surface area contributed by atoms with Crippen molar-refractivity contribution in [1.29, 1.82) is 0 Å². The van der Waals surface area contributed by atoms with E-state index in [9.17, 15) is 0 Å². The van der Waals surface area contributed by atoms with E-state index in [1.54, 1.807) is 0 Å². The number of piperidine rings is 1. The predicted octanol–water partition coefficient (Wildman–Crippen LogP) is 3.35. The van der Waals surface area contributed by atoms with Crippen LogP contribution in [0.5, 0.6) is 0 Å². The Morgan fingerprint density at radius 1 is 0.714 bits per heavy atom. The molecule has 1 aliphatic carbocycles. The second-order valence-corrected chi connectivity index (χ2v) is 5.27. The van der Waals surface area contributed by atoms with Gasteiger partial charge in [0.05, 0.1) is 0 Å². The van der Waals surface area contributed by atoms with Crippen molar-refractivity contribution in [2.45, 2.75) is 57.8 Å². The molecule has 14 heavy (non-hydrogen) atoms. The molecule has 1 heterocycles. The lowest BCUT2D eigenvalue weighted by Gasteiger charge is -2.26. The molecule has 0 aromatic carbocycles. The summed E-state index contributed by atoms with van der Waals surface area (Å²) in [5.41, 5.74) is 0. The predicted molar refractivity (Wildman–Crippen MR) is 61.4 cm³/mol. The van der Waals surface area contributed by atoms with E-state index in [-0.39, 0.29) is 0 Å². The molecule has 1 nitrogen and oxygen atoms in total. The molecule has 1 saturated heterocycles. The van der Waals surface area contributed by atoms with Crippen LogP contribution in [0.15, 0.2) is 0 Å². The zero-order valence-corrected chi connectivity index (χ0v) is 9.43. The Bertz CT molecular complexity index is 125. The van der Waals surface area contributed by atoms with Crippen LogP contribution in [0.25, 0.3) is 0 Å². The Morgan fingerprint density at radius 2 is 1.29 bits per heavy atom. The van der Waals surface area contributed by atoms with Crippen LogP contribution in [-0.2, 0) is 0 Å². The molecular formula is C13H25N. The third-order valence-electron chi connectivity index (χ3n) is 4.17. The summed E-state index contributed by atoms with van der Waals surface area (Å²) in [6, 6.07) is 0. The molecule has 1 heteroatoms. The lowest BCUT2D eigenvalue weighted by Crippen LogP contribution is -2.28. The molecule has 0 aromatic rings. The molecule has 0 atom stereocenters. The molecule has 0 amide bonds. The molecule has 0 spiro atoms. The smallest absolute Gasteiger partial charge is 0.00463 e. The monoisotopic (exact) mass is 195 g/mol. The van der Waals surface area contributed by atoms with Crippen molar-refractivity contribution in [1.82, 2.24) is 5.32 Å². The number of rotatable bonds is 3. The van der Waals surface area contributed by atoms with Gasteiger partial charge in [0.25, 0.3) is 0 Å². The fourth-order valence-corrected chi connectivity index (χ4v) is 3.12. The first kappa shape index (κ1) is 10.5. The number of hydrogen-bond acceptors (Lipinski definition) is 1. The molecule has 2 fully saturated rings. The van der Waals surface area contributed by atoms with Gasteiger partial charge in [-0.3, -0.25) is 0 Å². The van der Waals surface area contributed by atoms with E-state index in [1.165, 1.54) is 70.9 Å². The van der Waals surface area contributed by atoms with E-state index in [0.29, 0.717) is 0 Å². The summed E-state index contributed by atoms with van der Waals surface area (Å²) in [5.74, 6) is 2.15. The molecule has 0 unspecified atom stereocenters. The van der Waals surface area contributed by atoms with Gasteiger partial charge < -0.3 is 5.32 Å². The van der Waals surface area contributed by atoms with Crippen LogP contribution in [0.4, 0.5) is 0 Å².